The highest BCUT2D eigenvalue weighted by molar-refractivity contribution is 7.60. The van der Waals surface area contributed by atoms with Gasteiger partial charge in [-0.3, -0.25) is 4.57 Å². The molecule has 2 aromatic carbocycles. The van der Waals surface area contributed by atoms with Crippen molar-refractivity contribution in [3.8, 4) is 23.3 Å². The molecule has 0 spiro atoms. The molecule has 3 aromatic rings. The van der Waals surface area contributed by atoms with Gasteiger partial charge in [-0.2, -0.15) is 4.98 Å². The van der Waals surface area contributed by atoms with Gasteiger partial charge in [-0.25, -0.2) is 4.98 Å². The molecule has 31 heavy (non-hydrogen) atoms. The molecule has 0 aliphatic carbocycles. The van der Waals surface area contributed by atoms with Crippen molar-refractivity contribution in [2.75, 3.05) is 25.7 Å². The Labute approximate surface area is 179 Å². The Morgan fingerprint density at radius 3 is 2.35 bits per heavy atom. The summed E-state index contributed by atoms with van der Waals surface area (Å²) in [6.45, 7) is 0. The lowest BCUT2D eigenvalue weighted by molar-refractivity contribution is 0.354. The first kappa shape index (κ1) is 22.1. The van der Waals surface area contributed by atoms with E-state index in [1.807, 2.05) is 12.1 Å². The van der Waals surface area contributed by atoms with Crippen LogP contribution in [0.4, 0.5) is 11.8 Å². The Morgan fingerprint density at radius 2 is 1.77 bits per heavy atom. The maximum absolute atomic E-state index is 11.3. The molecule has 0 amide bonds. The maximum atomic E-state index is 11.3. The number of hydrogen-bond donors (Lipinski definition) is 4. The molecule has 0 bridgehead atoms. The summed E-state index contributed by atoms with van der Waals surface area (Å²) in [6.07, 6.45) is 2.00. The van der Waals surface area contributed by atoms with Crippen LogP contribution in [0.3, 0.4) is 0 Å². The number of nitrogens with two attached hydrogens (primary N) is 2. The molecule has 9 nitrogen and oxygen atoms in total. The first-order chi connectivity index (χ1) is 14.7. The van der Waals surface area contributed by atoms with E-state index < -0.39 is 7.60 Å². The lowest BCUT2D eigenvalue weighted by atomic mass is 10.0. The van der Waals surface area contributed by atoms with Gasteiger partial charge < -0.3 is 30.7 Å². The van der Waals surface area contributed by atoms with Crippen LogP contribution in [0.25, 0.3) is 0 Å². The highest BCUT2D eigenvalue weighted by Crippen LogP contribution is 2.34. The van der Waals surface area contributed by atoms with Gasteiger partial charge in [-0.15, -0.1) is 0 Å². The van der Waals surface area contributed by atoms with Crippen molar-refractivity contribution >= 4 is 24.7 Å². The molecule has 0 aliphatic rings. The Balaban J connectivity index is 1.98. The lowest BCUT2D eigenvalue weighted by Gasteiger charge is -2.13. The SMILES string of the molecule is COc1cc(Cc2cnc(N)nc2N)cc(C#Cc2ccc(P(=O)(O)O)cc2)c1OC. The number of hydrogen-bond acceptors (Lipinski definition) is 7. The second-order valence-corrected chi connectivity index (χ2v) is 8.14. The Kier molecular flexibility index (Phi) is 6.47. The number of aromatic nitrogens is 2. The Hall–Kier alpha value is -3.57. The summed E-state index contributed by atoms with van der Waals surface area (Å²) in [7, 11) is -1.25. The van der Waals surface area contributed by atoms with Crippen LogP contribution in [-0.4, -0.2) is 34.0 Å². The molecule has 10 heteroatoms. The van der Waals surface area contributed by atoms with Crippen LogP contribution in [0.1, 0.15) is 22.3 Å². The van der Waals surface area contributed by atoms with Crippen LogP contribution in [-0.2, 0) is 11.0 Å². The monoisotopic (exact) mass is 440 g/mol. The fourth-order valence-corrected chi connectivity index (χ4v) is 3.42. The molecule has 3 rings (SSSR count). The number of methoxy groups -OCH3 is 2. The fourth-order valence-electron chi connectivity index (χ4n) is 2.89. The standard InChI is InChI=1S/C21H21N4O5P/c1-29-18-11-14(10-16-12-24-21(23)25-20(16)22)9-15(19(18)30-2)6-3-13-4-7-17(8-5-13)31(26,27)28/h4-5,7-9,11-12H,10H2,1-2H3,(H2,26,27,28)(H4,22,23,24,25). The molecule has 0 radical (unpaired) electrons. The molecule has 0 fully saturated rings. The number of nitrogen functional groups attached to an aromatic ring is 2. The average Bonchev–Trinajstić information content (AvgIpc) is 2.73. The third kappa shape index (κ3) is 5.32. The van der Waals surface area contributed by atoms with Gasteiger partial charge in [0.2, 0.25) is 5.95 Å². The molecule has 160 valence electrons. The summed E-state index contributed by atoms with van der Waals surface area (Å²) < 4.78 is 22.2. The van der Waals surface area contributed by atoms with Crippen molar-refractivity contribution < 1.29 is 23.8 Å². The van der Waals surface area contributed by atoms with Crippen LogP contribution in [0.5, 0.6) is 11.5 Å². The zero-order valence-corrected chi connectivity index (χ0v) is 17.8. The van der Waals surface area contributed by atoms with Crippen LogP contribution in [0.2, 0.25) is 0 Å². The van der Waals surface area contributed by atoms with Crippen LogP contribution in [0.15, 0.2) is 42.6 Å². The van der Waals surface area contributed by atoms with Crippen molar-refractivity contribution in [3.63, 3.8) is 0 Å². The van der Waals surface area contributed by atoms with E-state index >= 15 is 0 Å². The molecule has 0 unspecified atom stereocenters. The summed E-state index contributed by atoms with van der Waals surface area (Å²) in [5, 5.41) is -0.0670. The zero-order valence-electron chi connectivity index (χ0n) is 16.9. The quantitative estimate of drug-likeness (QED) is 0.341. The summed E-state index contributed by atoms with van der Waals surface area (Å²) >= 11 is 0. The van der Waals surface area contributed by atoms with Gasteiger partial charge in [0.25, 0.3) is 0 Å². The minimum Gasteiger partial charge on any atom is -0.493 e. The molecule has 0 aliphatic heterocycles. The van der Waals surface area contributed by atoms with Crippen molar-refractivity contribution in [2.24, 2.45) is 0 Å². The molecule has 1 heterocycles. The number of rotatable bonds is 5. The summed E-state index contributed by atoms with van der Waals surface area (Å²) in [5.41, 5.74) is 14.2. The van der Waals surface area contributed by atoms with Crippen molar-refractivity contribution in [2.45, 2.75) is 6.42 Å². The van der Waals surface area contributed by atoms with E-state index in [4.69, 9.17) is 20.9 Å². The van der Waals surface area contributed by atoms with E-state index in [0.29, 0.717) is 40.4 Å². The predicted octanol–water partition coefficient (Wildman–Crippen LogP) is 1.45. The number of benzene rings is 2. The first-order valence-electron chi connectivity index (χ1n) is 9.01. The third-order valence-electron chi connectivity index (χ3n) is 4.40. The summed E-state index contributed by atoms with van der Waals surface area (Å²) in [4.78, 5) is 26.4. The van der Waals surface area contributed by atoms with Gasteiger partial charge in [0.05, 0.1) is 25.1 Å². The maximum Gasteiger partial charge on any atom is 0.356 e. The van der Waals surface area contributed by atoms with E-state index in [9.17, 15) is 14.4 Å². The van der Waals surface area contributed by atoms with Gasteiger partial charge in [-0.05, 0) is 42.0 Å². The lowest BCUT2D eigenvalue weighted by Crippen LogP contribution is -2.04. The second kappa shape index (κ2) is 9.06. The van der Waals surface area contributed by atoms with Gasteiger partial charge in [-0.1, -0.05) is 11.8 Å². The molecule has 0 atom stereocenters. The summed E-state index contributed by atoms with van der Waals surface area (Å²) in [5.74, 6) is 7.36. The molecular formula is C21H21N4O5P. The van der Waals surface area contributed by atoms with Crippen LogP contribution >= 0.6 is 7.60 Å². The minimum absolute atomic E-state index is 0.0670. The van der Waals surface area contributed by atoms with Gasteiger partial charge >= 0.3 is 7.60 Å². The second-order valence-electron chi connectivity index (χ2n) is 6.54. The zero-order chi connectivity index (χ0) is 22.6. The van der Waals surface area contributed by atoms with Crippen molar-refractivity contribution in [1.82, 2.24) is 9.97 Å². The third-order valence-corrected chi connectivity index (χ3v) is 5.37. The molecule has 0 saturated heterocycles. The topological polar surface area (TPSA) is 154 Å². The van der Waals surface area contributed by atoms with Gasteiger partial charge in [0.15, 0.2) is 11.5 Å². The summed E-state index contributed by atoms with van der Waals surface area (Å²) in [6, 6.07) is 9.44. The normalized spacial score (nSPS) is 10.8. The van der Waals surface area contributed by atoms with Crippen LogP contribution < -0.4 is 26.2 Å². The highest BCUT2D eigenvalue weighted by atomic mass is 31.2. The average molecular weight is 440 g/mol. The predicted molar refractivity (Wildman–Crippen MR) is 117 cm³/mol. The molecular weight excluding hydrogens is 419 g/mol. The first-order valence-corrected chi connectivity index (χ1v) is 10.6. The van der Waals surface area contributed by atoms with Crippen LogP contribution in [0, 0.1) is 11.8 Å². The number of anilines is 2. The van der Waals surface area contributed by atoms with E-state index in [0.717, 1.165) is 5.56 Å². The Morgan fingerprint density at radius 1 is 1.06 bits per heavy atom. The number of nitrogens with zero attached hydrogens (tertiary/aromatic N) is 2. The smallest absolute Gasteiger partial charge is 0.356 e. The highest BCUT2D eigenvalue weighted by Gasteiger charge is 2.16. The van der Waals surface area contributed by atoms with Gasteiger partial charge in [0, 0.05) is 23.7 Å². The minimum atomic E-state index is -4.30. The molecule has 1 aromatic heterocycles. The van der Waals surface area contributed by atoms with Gasteiger partial charge in [0.1, 0.15) is 5.82 Å². The largest absolute Gasteiger partial charge is 0.493 e. The number of ether oxygens (including phenoxy) is 2. The fraction of sp³-hybridized carbons (Fsp3) is 0.143. The van der Waals surface area contributed by atoms with E-state index in [1.165, 1.54) is 26.4 Å². The Bertz CT molecular complexity index is 1210. The van der Waals surface area contributed by atoms with E-state index in [2.05, 4.69) is 21.8 Å². The van der Waals surface area contributed by atoms with Crippen molar-refractivity contribution in [3.05, 3.63) is 64.8 Å². The molecule has 0 saturated carbocycles. The van der Waals surface area contributed by atoms with E-state index in [1.54, 1.807) is 18.3 Å². The van der Waals surface area contributed by atoms with E-state index in [-0.39, 0.29) is 11.3 Å². The molecule has 6 N–H and O–H groups in total. The van der Waals surface area contributed by atoms with Crippen molar-refractivity contribution in [1.29, 1.82) is 0 Å².